The molecule has 0 aliphatic rings. The third-order valence-electron chi connectivity index (χ3n) is 3.39. The van der Waals surface area contributed by atoms with Crippen LogP contribution in [0, 0.1) is 0 Å². The summed E-state index contributed by atoms with van der Waals surface area (Å²) in [7, 11) is 1.30. The Balaban J connectivity index is 0.00000136. The van der Waals surface area contributed by atoms with E-state index in [0.29, 0.717) is 22.6 Å². The molecule has 0 N–H and O–H groups in total. The summed E-state index contributed by atoms with van der Waals surface area (Å²) in [5, 5.41) is 4.28. The molecule has 28 heavy (non-hydrogen) atoms. The molecular weight excluding hydrogens is 375 g/mol. The van der Waals surface area contributed by atoms with Crippen LogP contribution in [0.4, 0.5) is 13.2 Å². The molecule has 0 unspecified atom stereocenters. The third kappa shape index (κ3) is 5.32. The number of aromatic nitrogens is 3. The van der Waals surface area contributed by atoms with Crippen molar-refractivity contribution in [1.82, 2.24) is 14.8 Å². The minimum Gasteiger partial charge on any atom is -0.465 e. The molecule has 0 radical (unpaired) electrons. The summed E-state index contributed by atoms with van der Waals surface area (Å²) in [6.45, 7) is 4.00. The van der Waals surface area contributed by atoms with Gasteiger partial charge in [-0.1, -0.05) is 26.0 Å². The van der Waals surface area contributed by atoms with Gasteiger partial charge in [-0.15, -0.1) is 18.3 Å². The molecule has 0 spiro atoms. The maximum atomic E-state index is 12.2. The molecule has 0 saturated carbocycles. The van der Waals surface area contributed by atoms with Gasteiger partial charge in [-0.25, -0.2) is 14.5 Å². The molecule has 0 fully saturated rings. The van der Waals surface area contributed by atoms with Crippen molar-refractivity contribution in [3.8, 4) is 22.8 Å². The van der Waals surface area contributed by atoms with Crippen molar-refractivity contribution in [3.63, 3.8) is 0 Å². The van der Waals surface area contributed by atoms with E-state index in [9.17, 15) is 18.0 Å². The average molecular weight is 393 g/mol. The molecular formula is C19H18F3N3O3. The van der Waals surface area contributed by atoms with E-state index >= 15 is 0 Å². The van der Waals surface area contributed by atoms with Gasteiger partial charge >= 0.3 is 12.3 Å². The normalized spacial score (nSPS) is 10.6. The molecule has 148 valence electrons. The number of hydrogen-bond acceptors (Lipinski definition) is 5. The molecule has 9 heteroatoms. The lowest BCUT2D eigenvalue weighted by Gasteiger charge is -2.09. The summed E-state index contributed by atoms with van der Waals surface area (Å²) in [4.78, 5) is 15.6. The third-order valence-corrected chi connectivity index (χ3v) is 3.39. The number of rotatable bonds is 4. The zero-order chi connectivity index (χ0) is 20.7. The molecule has 3 aromatic rings. The molecule has 1 aromatic heterocycles. The molecule has 0 atom stereocenters. The van der Waals surface area contributed by atoms with E-state index in [-0.39, 0.29) is 5.75 Å². The predicted octanol–water partition coefficient (Wildman–Crippen LogP) is 4.65. The summed E-state index contributed by atoms with van der Waals surface area (Å²) in [6.07, 6.45) is -3.30. The van der Waals surface area contributed by atoms with Gasteiger partial charge in [-0.05, 0) is 36.4 Å². The Hall–Kier alpha value is -3.36. The second-order valence-corrected chi connectivity index (χ2v) is 5.12. The Bertz CT molecular complexity index is 905. The van der Waals surface area contributed by atoms with Crippen LogP contribution >= 0.6 is 0 Å². The summed E-state index contributed by atoms with van der Waals surface area (Å²) in [5.74, 6) is -0.367. The second kappa shape index (κ2) is 9.03. The van der Waals surface area contributed by atoms with E-state index in [4.69, 9.17) is 0 Å². The fraction of sp³-hybridized carbons (Fsp3) is 0.211. The zero-order valence-corrected chi connectivity index (χ0v) is 15.4. The standard InChI is InChI=1S/C17H12F3N3O3.C2H6/c1-25-16(24)12-4-2-11(3-5-12)15-21-10-23(22-15)13-6-8-14(9-7-13)26-17(18,19)20;1-2/h2-10H,1H3;1-2H3. The Morgan fingerprint density at radius 2 is 1.61 bits per heavy atom. The minimum atomic E-state index is -4.74. The van der Waals surface area contributed by atoms with Crippen LogP contribution in [-0.4, -0.2) is 34.2 Å². The van der Waals surface area contributed by atoms with Crippen molar-refractivity contribution in [1.29, 1.82) is 0 Å². The van der Waals surface area contributed by atoms with Crippen molar-refractivity contribution in [2.24, 2.45) is 0 Å². The lowest BCUT2D eigenvalue weighted by molar-refractivity contribution is -0.274. The van der Waals surface area contributed by atoms with Crippen LogP contribution in [0.5, 0.6) is 5.75 Å². The highest BCUT2D eigenvalue weighted by atomic mass is 19.4. The highest BCUT2D eigenvalue weighted by molar-refractivity contribution is 5.89. The van der Waals surface area contributed by atoms with E-state index in [1.165, 1.54) is 42.4 Å². The fourth-order valence-corrected chi connectivity index (χ4v) is 2.19. The topological polar surface area (TPSA) is 66.2 Å². The Labute approximate surface area is 159 Å². The Kier molecular flexibility index (Phi) is 6.75. The van der Waals surface area contributed by atoms with Gasteiger partial charge in [-0.3, -0.25) is 0 Å². The molecule has 2 aromatic carbocycles. The molecule has 0 saturated heterocycles. The van der Waals surface area contributed by atoms with Gasteiger partial charge in [0.15, 0.2) is 5.82 Å². The lowest BCUT2D eigenvalue weighted by atomic mass is 10.1. The van der Waals surface area contributed by atoms with Gasteiger partial charge in [0.1, 0.15) is 12.1 Å². The van der Waals surface area contributed by atoms with Crippen molar-refractivity contribution < 1.29 is 27.4 Å². The molecule has 6 nitrogen and oxygen atoms in total. The number of ether oxygens (including phenoxy) is 2. The number of carbonyl (C=O) groups is 1. The van der Waals surface area contributed by atoms with Crippen molar-refractivity contribution in [2.45, 2.75) is 20.2 Å². The molecule has 0 amide bonds. The highest BCUT2D eigenvalue weighted by Gasteiger charge is 2.30. The first-order valence-corrected chi connectivity index (χ1v) is 8.32. The van der Waals surface area contributed by atoms with Crippen LogP contribution in [0.3, 0.4) is 0 Å². The number of carbonyl (C=O) groups excluding carboxylic acids is 1. The van der Waals surface area contributed by atoms with Crippen LogP contribution in [0.15, 0.2) is 54.9 Å². The largest absolute Gasteiger partial charge is 0.573 e. The Morgan fingerprint density at radius 3 is 2.14 bits per heavy atom. The first kappa shape index (κ1) is 20.9. The summed E-state index contributed by atoms with van der Waals surface area (Å²) in [6, 6.07) is 11.8. The first-order chi connectivity index (χ1) is 13.4. The van der Waals surface area contributed by atoms with Crippen molar-refractivity contribution >= 4 is 5.97 Å². The monoisotopic (exact) mass is 393 g/mol. The maximum absolute atomic E-state index is 12.2. The van der Waals surface area contributed by atoms with Crippen LogP contribution in [0.25, 0.3) is 17.1 Å². The minimum absolute atomic E-state index is 0.319. The SMILES string of the molecule is CC.COC(=O)c1ccc(-c2ncn(-c3ccc(OC(F)(F)F)cc3)n2)cc1. The molecule has 1 heterocycles. The van der Waals surface area contributed by atoms with Gasteiger partial charge in [0.05, 0.1) is 18.4 Å². The van der Waals surface area contributed by atoms with Crippen LogP contribution in [0.2, 0.25) is 0 Å². The summed E-state index contributed by atoms with van der Waals surface area (Å²) >= 11 is 0. The van der Waals surface area contributed by atoms with Crippen molar-refractivity contribution in [2.75, 3.05) is 7.11 Å². The van der Waals surface area contributed by atoms with E-state index in [1.807, 2.05) is 13.8 Å². The van der Waals surface area contributed by atoms with E-state index in [2.05, 4.69) is 19.6 Å². The molecule has 0 aliphatic heterocycles. The second-order valence-electron chi connectivity index (χ2n) is 5.12. The number of nitrogens with zero attached hydrogens (tertiary/aromatic N) is 3. The van der Waals surface area contributed by atoms with Gasteiger partial charge in [0, 0.05) is 5.56 Å². The molecule has 0 aliphatic carbocycles. The highest BCUT2D eigenvalue weighted by Crippen LogP contribution is 2.24. The number of alkyl halides is 3. The fourth-order valence-electron chi connectivity index (χ4n) is 2.19. The van der Waals surface area contributed by atoms with Crippen LogP contribution in [0.1, 0.15) is 24.2 Å². The molecule has 3 rings (SSSR count). The van der Waals surface area contributed by atoms with Gasteiger partial charge in [0.2, 0.25) is 0 Å². The van der Waals surface area contributed by atoms with Crippen LogP contribution < -0.4 is 4.74 Å². The number of methoxy groups -OCH3 is 1. The lowest BCUT2D eigenvalue weighted by Crippen LogP contribution is -2.17. The average Bonchev–Trinajstić information content (AvgIpc) is 3.18. The van der Waals surface area contributed by atoms with Gasteiger partial charge < -0.3 is 9.47 Å². The number of benzene rings is 2. The maximum Gasteiger partial charge on any atom is 0.573 e. The number of esters is 1. The van der Waals surface area contributed by atoms with Crippen molar-refractivity contribution in [3.05, 3.63) is 60.4 Å². The van der Waals surface area contributed by atoms with Gasteiger partial charge in [0.25, 0.3) is 0 Å². The zero-order valence-electron chi connectivity index (χ0n) is 15.4. The summed E-state index contributed by atoms with van der Waals surface area (Å²) < 4.78 is 46.4. The first-order valence-electron chi connectivity index (χ1n) is 8.32. The smallest absolute Gasteiger partial charge is 0.465 e. The van der Waals surface area contributed by atoms with E-state index in [1.54, 1.807) is 24.3 Å². The van der Waals surface area contributed by atoms with Gasteiger partial charge in [-0.2, -0.15) is 0 Å². The van der Waals surface area contributed by atoms with E-state index in [0.717, 1.165) is 0 Å². The van der Waals surface area contributed by atoms with Crippen LogP contribution in [-0.2, 0) is 4.74 Å². The van der Waals surface area contributed by atoms with E-state index < -0.39 is 12.3 Å². The molecule has 0 bridgehead atoms. The number of hydrogen-bond donors (Lipinski definition) is 0. The quantitative estimate of drug-likeness (QED) is 0.604. The number of halogens is 3. The Morgan fingerprint density at radius 1 is 1.00 bits per heavy atom. The predicted molar refractivity (Wildman–Crippen MR) is 96.2 cm³/mol. The summed E-state index contributed by atoms with van der Waals surface area (Å²) in [5.41, 5.74) is 1.59.